The summed E-state index contributed by atoms with van der Waals surface area (Å²) in [6.07, 6.45) is -12.4. The van der Waals surface area contributed by atoms with Crippen LogP contribution >= 0.6 is 0 Å². The molecule has 0 saturated carbocycles. The minimum atomic E-state index is -1.91. The minimum Gasteiger partial charge on any atom is -0.480 e. The van der Waals surface area contributed by atoms with E-state index in [1.807, 2.05) is 11.9 Å². The quantitative estimate of drug-likeness (QED) is 0.0367. The Labute approximate surface area is 409 Å². The first-order chi connectivity index (χ1) is 33.6. The topological polar surface area (TPSA) is 426 Å². The molecule has 2 saturated heterocycles. The van der Waals surface area contributed by atoms with Crippen LogP contribution in [0, 0.1) is 11.8 Å². The summed E-state index contributed by atoms with van der Waals surface area (Å²) in [4.78, 5) is 98.8. The second-order valence-electron chi connectivity index (χ2n) is 18.4. The molecule has 2 fully saturated rings. The van der Waals surface area contributed by atoms with Crippen LogP contribution in [0.4, 0.5) is 4.79 Å². The van der Waals surface area contributed by atoms with E-state index in [4.69, 9.17) is 30.4 Å². The van der Waals surface area contributed by atoms with Crippen LogP contribution in [0.3, 0.4) is 0 Å². The molecule has 402 valence electrons. The summed E-state index contributed by atoms with van der Waals surface area (Å²) in [5.74, 6) is -5.74. The van der Waals surface area contributed by atoms with Crippen LogP contribution in [0.15, 0.2) is 26.8 Å². The number of hydrogen-bond donors (Lipinski definition) is 14. The number of hydrogen-bond acceptors (Lipinski definition) is 20. The maximum Gasteiger partial charge on any atom is 0.330 e. The number of nitrogens with two attached hydrogens (primary N) is 2. The van der Waals surface area contributed by atoms with Gasteiger partial charge in [0.25, 0.3) is 5.56 Å². The summed E-state index contributed by atoms with van der Waals surface area (Å²) in [6.45, 7) is 8.11. The Bertz CT molecular complexity index is 2090. The predicted octanol–water partition coefficient (Wildman–Crippen LogP) is -4.99. The smallest absolute Gasteiger partial charge is 0.330 e. The second kappa shape index (κ2) is 26.9. The van der Waals surface area contributed by atoms with Gasteiger partial charge in [-0.2, -0.15) is 0 Å². The van der Waals surface area contributed by atoms with E-state index >= 15 is 0 Å². The van der Waals surface area contributed by atoms with Gasteiger partial charge in [0.05, 0.1) is 12.1 Å². The first-order valence-electron chi connectivity index (χ1n) is 23.7. The molecule has 1 aromatic rings. The van der Waals surface area contributed by atoms with E-state index in [1.54, 1.807) is 27.7 Å². The fourth-order valence-electron chi connectivity index (χ4n) is 8.62. The fraction of sp³-hybridized carbons (Fsp3) is 0.767. The third kappa shape index (κ3) is 15.1. The summed E-state index contributed by atoms with van der Waals surface area (Å²) in [7, 11) is 1.25. The van der Waals surface area contributed by atoms with Crippen LogP contribution < -0.4 is 49.3 Å². The third-order valence-corrected chi connectivity index (χ3v) is 12.6. The number of guanidine groups is 1. The van der Waals surface area contributed by atoms with Gasteiger partial charge in [-0.3, -0.25) is 38.6 Å². The maximum absolute atomic E-state index is 14.1. The van der Waals surface area contributed by atoms with Gasteiger partial charge in [0.1, 0.15) is 66.9 Å². The number of nitrogens with one attached hydrogen (secondary N) is 6. The van der Waals surface area contributed by atoms with Crippen molar-refractivity contribution >= 4 is 35.7 Å². The molecule has 3 aliphatic rings. The largest absolute Gasteiger partial charge is 0.480 e. The van der Waals surface area contributed by atoms with Crippen molar-refractivity contribution in [1.82, 2.24) is 41.0 Å². The molecule has 3 aliphatic heterocycles. The Hall–Kier alpha value is -5.30. The number of aromatic nitrogens is 2. The number of carboxylic acids is 2. The predicted molar refractivity (Wildman–Crippen MR) is 249 cm³/mol. The van der Waals surface area contributed by atoms with Crippen LogP contribution in [-0.2, 0) is 38.1 Å². The van der Waals surface area contributed by atoms with Gasteiger partial charge in [-0.25, -0.2) is 14.4 Å². The number of rotatable bonds is 27. The Balaban J connectivity index is 1.61. The first kappa shape index (κ1) is 58.3. The zero-order valence-electron chi connectivity index (χ0n) is 40.7. The highest BCUT2D eigenvalue weighted by Gasteiger charge is 2.55. The van der Waals surface area contributed by atoms with E-state index in [0.29, 0.717) is 12.8 Å². The molecule has 71 heavy (non-hydrogen) atoms. The Kier molecular flexibility index (Phi) is 22.1. The number of carbonyl (C=O) groups is 5. The van der Waals surface area contributed by atoms with E-state index in [1.165, 1.54) is 12.0 Å². The highest BCUT2D eigenvalue weighted by atomic mass is 16.7. The molecule has 4 rings (SSSR count). The number of aliphatic hydroxyl groups excluding tert-OH is 4. The molecule has 0 aliphatic carbocycles. The first-order valence-corrected chi connectivity index (χ1v) is 23.7. The van der Waals surface area contributed by atoms with Crippen LogP contribution in [0.2, 0.25) is 0 Å². The van der Waals surface area contributed by atoms with Gasteiger partial charge in [-0.05, 0) is 37.6 Å². The van der Waals surface area contributed by atoms with Gasteiger partial charge in [-0.1, -0.05) is 47.5 Å². The Morgan fingerprint density at radius 2 is 1.62 bits per heavy atom. The van der Waals surface area contributed by atoms with E-state index in [0.717, 1.165) is 23.3 Å². The number of carbonyl (C=O) groups excluding carboxylic acids is 3. The monoisotopic (exact) mass is 1020 g/mol. The summed E-state index contributed by atoms with van der Waals surface area (Å²) in [5.41, 5.74) is 9.96. The van der Waals surface area contributed by atoms with Gasteiger partial charge >= 0.3 is 23.7 Å². The van der Waals surface area contributed by atoms with Crippen molar-refractivity contribution < 1.29 is 73.6 Å². The number of H-pyrrole nitrogens is 1. The molecule has 4 amide bonds. The van der Waals surface area contributed by atoms with E-state index < -0.39 is 144 Å². The highest BCUT2D eigenvalue weighted by molar-refractivity contribution is 5.94. The highest BCUT2D eigenvalue weighted by Crippen LogP contribution is 2.36. The lowest BCUT2D eigenvalue weighted by Crippen LogP contribution is -2.66. The Morgan fingerprint density at radius 1 is 0.930 bits per heavy atom. The number of amides is 4. The lowest BCUT2D eigenvalue weighted by Gasteiger charge is -2.39. The van der Waals surface area contributed by atoms with Crippen LogP contribution in [0.1, 0.15) is 73.0 Å². The van der Waals surface area contributed by atoms with Crippen LogP contribution in [0.25, 0.3) is 0 Å². The molecule has 7 unspecified atom stereocenters. The number of urea groups is 1. The summed E-state index contributed by atoms with van der Waals surface area (Å²) in [6, 6.07) is -7.02. The average Bonchev–Trinajstić information content (AvgIpc) is 3.78. The number of aliphatic hydroxyl groups is 4. The molecule has 15 atom stereocenters. The van der Waals surface area contributed by atoms with Gasteiger partial charge in [0, 0.05) is 45.6 Å². The Morgan fingerprint density at radius 3 is 2.20 bits per heavy atom. The number of carboxylic acid groups (broad SMARTS) is 2. The zero-order chi connectivity index (χ0) is 52.9. The standard InChI is InChI=1S/C43H73N11O17/c1-7-8-9-15-53(27(39(64)65)32(71-40-34(68-6)29(57)22(18-44)69-40)33-30(58)31(59)37(70-33)54-17-12-23(55)49-43(54)67)16-10-13-46-35(60)26(28(56)20(4)5)50-36(61)25(21-11-14-47-41(45)48-21)52-42(66)51-24(19(2)3)38(62)63/h12,17,19-22,24-34,37,40,56-59H,7-11,13-16,18,44H2,1-6H3,(H,46,60)(H,50,61)(H,62,63)(H,64,65)(H3,45,47,48)(H,49,55,67)(H2,51,52,66)/t21?,22-,24?,25?,26?,27?,28?,29+,30+,31-,32-,33+,34-,37-,40?/m1/s1. The number of aliphatic imine (C=N–C) groups is 1. The summed E-state index contributed by atoms with van der Waals surface area (Å²) in [5, 5.41) is 78.5. The van der Waals surface area contributed by atoms with Gasteiger partial charge in [0.2, 0.25) is 11.8 Å². The second-order valence-corrected chi connectivity index (χ2v) is 18.4. The fourth-order valence-corrected chi connectivity index (χ4v) is 8.62. The van der Waals surface area contributed by atoms with Crippen molar-refractivity contribution in [3.05, 3.63) is 33.1 Å². The number of nitrogens with zero attached hydrogens (tertiary/aromatic N) is 3. The molecule has 28 nitrogen and oxygen atoms in total. The van der Waals surface area contributed by atoms with E-state index in [-0.39, 0.29) is 51.5 Å². The minimum absolute atomic E-state index is 0.0308. The molecule has 0 aromatic carbocycles. The molecule has 0 radical (unpaired) electrons. The SMILES string of the molecule is CCCCCN(CCCNC(=O)C(NC(=O)C(NC(=O)NC(C(=O)O)C(C)C)C1CCN=C(N)N1)C(O)C(C)C)C(C(=O)O)[C@@H](OC1O[C@H](CN)[C@H](O)[C@H]1OC)[C@H]1O[C@@H](n2ccc(=O)[nH]c2=O)[C@H](O)[C@@H]1O. The number of aliphatic carboxylic acids is 2. The molecule has 16 N–H and O–H groups in total. The van der Waals surface area contributed by atoms with Crippen LogP contribution in [-0.4, -0.2) is 206 Å². The van der Waals surface area contributed by atoms with Gasteiger partial charge in [-0.15, -0.1) is 0 Å². The van der Waals surface area contributed by atoms with Crippen molar-refractivity contribution in [1.29, 1.82) is 0 Å². The number of unbranched alkanes of at least 4 members (excludes halogenated alkanes) is 2. The van der Waals surface area contributed by atoms with E-state index in [2.05, 4.69) is 31.6 Å². The maximum atomic E-state index is 14.1. The number of ether oxygens (including phenoxy) is 4. The van der Waals surface area contributed by atoms with E-state index in [9.17, 15) is 64.2 Å². The lowest BCUT2D eigenvalue weighted by molar-refractivity contribution is -0.238. The lowest BCUT2D eigenvalue weighted by atomic mass is 9.96. The van der Waals surface area contributed by atoms with Crippen LogP contribution in [0.5, 0.6) is 0 Å². The third-order valence-electron chi connectivity index (χ3n) is 12.6. The van der Waals surface area contributed by atoms with Crippen molar-refractivity contribution in [2.45, 2.75) is 158 Å². The van der Waals surface area contributed by atoms with Crippen molar-refractivity contribution in [3.63, 3.8) is 0 Å². The van der Waals surface area contributed by atoms with Gasteiger partial charge in [0.15, 0.2) is 18.5 Å². The molecule has 1 aromatic heterocycles. The molecule has 4 heterocycles. The van der Waals surface area contributed by atoms with Crippen molar-refractivity contribution in [2.75, 3.05) is 39.8 Å². The molecule has 0 spiro atoms. The normalized spacial score (nSPS) is 27.0. The van der Waals surface area contributed by atoms with Gasteiger partial charge < -0.3 is 87.6 Å². The van der Waals surface area contributed by atoms with Crippen molar-refractivity contribution in [2.24, 2.45) is 28.3 Å². The summed E-state index contributed by atoms with van der Waals surface area (Å²) >= 11 is 0. The number of methoxy groups -OCH3 is 1. The average molecular weight is 1020 g/mol. The molecule has 28 heteroatoms. The van der Waals surface area contributed by atoms with Crippen molar-refractivity contribution in [3.8, 4) is 0 Å². The molecule has 0 bridgehead atoms. The molecular formula is C43H73N11O17. The summed E-state index contributed by atoms with van der Waals surface area (Å²) < 4.78 is 24.5. The zero-order valence-corrected chi connectivity index (χ0v) is 40.7. The molecular weight excluding hydrogens is 943 g/mol. The number of aromatic amines is 1.